The van der Waals surface area contributed by atoms with Gasteiger partial charge in [0.05, 0.1) is 11.7 Å². The Hall–Kier alpha value is -1.10. The van der Waals surface area contributed by atoms with Gasteiger partial charge in [-0.05, 0) is 24.6 Å². The minimum Gasteiger partial charge on any atom is -0.389 e. The van der Waals surface area contributed by atoms with Crippen molar-refractivity contribution >= 4 is 5.69 Å². The highest BCUT2D eigenvalue weighted by atomic mass is 16.5. The van der Waals surface area contributed by atoms with Gasteiger partial charge in [0.2, 0.25) is 0 Å². The van der Waals surface area contributed by atoms with E-state index in [0.717, 1.165) is 11.3 Å². The fourth-order valence-corrected chi connectivity index (χ4v) is 2.45. The van der Waals surface area contributed by atoms with Crippen LogP contribution in [0, 0.1) is 0 Å². The topological polar surface area (TPSA) is 52.9 Å². The molecule has 0 aromatic heterocycles. The van der Waals surface area contributed by atoms with Crippen molar-refractivity contribution in [2.75, 3.05) is 31.7 Å². The van der Waals surface area contributed by atoms with Crippen LogP contribution in [0.5, 0.6) is 0 Å². The van der Waals surface area contributed by atoms with Gasteiger partial charge in [-0.15, -0.1) is 0 Å². The van der Waals surface area contributed by atoms with Gasteiger partial charge in [-0.1, -0.05) is 12.1 Å². The van der Waals surface area contributed by atoms with Gasteiger partial charge in [0.1, 0.15) is 0 Å². The number of hydrogen-bond acceptors (Lipinski definition) is 4. The molecule has 2 rings (SSSR count). The monoisotopic (exact) mass is 265 g/mol. The van der Waals surface area contributed by atoms with E-state index in [1.165, 1.54) is 0 Å². The second-order valence-corrected chi connectivity index (χ2v) is 5.46. The van der Waals surface area contributed by atoms with Crippen LogP contribution in [0.15, 0.2) is 24.3 Å². The molecule has 0 spiro atoms. The molecule has 1 aromatic rings. The van der Waals surface area contributed by atoms with Crippen LogP contribution in [0.25, 0.3) is 0 Å². The van der Waals surface area contributed by atoms with Crippen molar-refractivity contribution in [1.82, 2.24) is 0 Å². The first-order valence-corrected chi connectivity index (χ1v) is 6.79. The molecule has 1 aromatic carbocycles. The Morgan fingerprint density at radius 1 is 1.26 bits per heavy atom. The minimum atomic E-state index is -0.657. The van der Waals surface area contributed by atoms with Crippen molar-refractivity contribution in [3.63, 3.8) is 0 Å². The molecule has 0 aliphatic carbocycles. The molecule has 1 aliphatic heterocycles. The third kappa shape index (κ3) is 3.69. The summed E-state index contributed by atoms with van der Waals surface area (Å²) in [5, 5.41) is 20.0. The number of likely N-dealkylation sites (N-methyl/N-ethyl adjacent to an activating group) is 1. The average molecular weight is 265 g/mol. The Kier molecular flexibility index (Phi) is 4.45. The number of hydrogen-bond donors (Lipinski definition) is 2. The van der Waals surface area contributed by atoms with Crippen molar-refractivity contribution in [1.29, 1.82) is 0 Å². The second kappa shape index (κ2) is 5.90. The molecule has 0 saturated carbocycles. The quantitative estimate of drug-likeness (QED) is 0.870. The van der Waals surface area contributed by atoms with E-state index in [0.29, 0.717) is 32.6 Å². The number of aliphatic hydroxyl groups is 2. The molecule has 1 heterocycles. The number of benzene rings is 1. The zero-order valence-electron chi connectivity index (χ0n) is 11.7. The van der Waals surface area contributed by atoms with Gasteiger partial charge in [-0.2, -0.15) is 0 Å². The summed E-state index contributed by atoms with van der Waals surface area (Å²) >= 11 is 0. The summed E-state index contributed by atoms with van der Waals surface area (Å²) in [6.07, 6.45) is 0.922. The summed E-state index contributed by atoms with van der Waals surface area (Å²) in [5.41, 5.74) is 1.29. The third-order valence-electron chi connectivity index (χ3n) is 3.77. The number of anilines is 1. The maximum Gasteiger partial charge on any atom is 0.0865 e. The lowest BCUT2D eigenvalue weighted by atomic mass is 9.93. The van der Waals surface area contributed by atoms with Crippen LogP contribution in [-0.2, 0) is 4.74 Å². The predicted octanol–water partition coefficient (Wildman–Crippen LogP) is 1.72. The summed E-state index contributed by atoms with van der Waals surface area (Å²) in [5.74, 6) is 0. The van der Waals surface area contributed by atoms with Crippen LogP contribution in [0.2, 0.25) is 0 Å². The Labute approximate surface area is 114 Å². The molecule has 106 valence electrons. The molecular formula is C15H23NO3. The van der Waals surface area contributed by atoms with E-state index < -0.39 is 11.7 Å². The number of aliphatic hydroxyl groups excluding tert-OH is 1. The Morgan fingerprint density at radius 3 is 2.37 bits per heavy atom. The molecule has 1 fully saturated rings. The lowest BCUT2D eigenvalue weighted by molar-refractivity contribution is -0.0572. The van der Waals surface area contributed by atoms with Crippen molar-refractivity contribution < 1.29 is 14.9 Å². The minimum absolute atomic E-state index is 0.445. The summed E-state index contributed by atoms with van der Waals surface area (Å²) < 4.78 is 5.29. The largest absolute Gasteiger partial charge is 0.389 e. The lowest BCUT2D eigenvalue weighted by Crippen LogP contribution is -2.45. The predicted molar refractivity (Wildman–Crippen MR) is 75.3 cm³/mol. The Bertz CT molecular complexity index is 396. The fourth-order valence-electron chi connectivity index (χ4n) is 2.45. The zero-order chi connectivity index (χ0) is 13.9. The van der Waals surface area contributed by atoms with E-state index in [1.807, 2.05) is 31.3 Å². The Balaban J connectivity index is 2.00. The van der Waals surface area contributed by atoms with E-state index in [9.17, 15) is 10.2 Å². The smallest absolute Gasteiger partial charge is 0.0865 e. The first-order chi connectivity index (χ1) is 9.00. The van der Waals surface area contributed by atoms with Crippen molar-refractivity contribution in [2.45, 2.75) is 31.5 Å². The van der Waals surface area contributed by atoms with E-state index >= 15 is 0 Å². The highest BCUT2D eigenvalue weighted by molar-refractivity contribution is 5.47. The normalized spacial score (nSPS) is 20.0. The second-order valence-electron chi connectivity index (χ2n) is 5.46. The molecule has 4 nitrogen and oxygen atoms in total. The third-order valence-corrected chi connectivity index (χ3v) is 3.77. The summed E-state index contributed by atoms with van der Waals surface area (Å²) in [6, 6.07) is 7.80. The summed E-state index contributed by atoms with van der Waals surface area (Å²) in [7, 11) is 1.98. The lowest BCUT2D eigenvalue weighted by Gasteiger charge is -2.36. The van der Waals surface area contributed by atoms with Gasteiger partial charge in [-0.3, -0.25) is 0 Å². The average Bonchev–Trinajstić information content (AvgIpc) is 2.39. The highest BCUT2D eigenvalue weighted by Gasteiger charge is 2.31. The zero-order valence-corrected chi connectivity index (χ0v) is 11.7. The molecule has 1 saturated heterocycles. The number of rotatable bonds is 4. The molecule has 2 N–H and O–H groups in total. The fraction of sp³-hybridized carbons (Fsp3) is 0.600. The first kappa shape index (κ1) is 14.3. The van der Waals surface area contributed by atoms with Crippen molar-refractivity contribution in [3.05, 3.63) is 29.8 Å². The molecule has 4 heteroatoms. The van der Waals surface area contributed by atoms with Crippen molar-refractivity contribution in [3.8, 4) is 0 Å². The van der Waals surface area contributed by atoms with Gasteiger partial charge < -0.3 is 19.8 Å². The molecule has 1 atom stereocenters. The van der Waals surface area contributed by atoms with Gasteiger partial charge >= 0.3 is 0 Å². The van der Waals surface area contributed by atoms with Crippen LogP contribution in [-0.4, -0.2) is 42.6 Å². The molecular weight excluding hydrogens is 242 g/mol. The van der Waals surface area contributed by atoms with Crippen LogP contribution >= 0.6 is 0 Å². The molecule has 19 heavy (non-hydrogen) atoms. The first-order valence-electron chi connectivity index (χ1n) is 6.79. The van der Waals surface area contributed by atoms with Crippen molar-refractivity contribution in [2.24, 2.45) is 0 Å². The summed E-state index contributed by atoms with van der Waals surface area (Å²) in [4.78, 5) is 2.05. The molecule has 0 bridgehead atoms. The number of nitrogens with zero attached hydrogens (tertiary/aromatic N) is 1. The maximum absolute atomic E-state index is 10.5. The maximum atomic E-state index is 10.5. The molecule has 0 radical (unpaired) electrons. The SMILES string of the molecule is C[C@H](O)c1ccc(N(C)CC2(O)CCOCC2)cc1. The van der Waals surface area contributed by atoms with E-state index in [4.69, 9.17) is 4.74 Å². The Morgan fingerprint density at radius 2 is 1.84 bits per heavy atom. The van der Waals surface area contributed by atoms with Crippen LogP contribution < -0.4 is 4.90 Å². The molecule has 1 aliphatic rings. The standard InChI is InChI=1S/C15H23NO3/c1-12(17)13-3-5-14(6-4-13)16(2)11-15(18)7-9-19-10-8-15/h3-6,12,17-18H,7-11H2,1-2H3/t12-/m0/s1. The van der Waals surface area contributed by atoms with Crippen LogP contribution in [0.1, 0.15) is 31.4 Å². The van der Waals surface area contributed by atoms with Gasteiger partial charge in [0, 0.05) is 45.3 Å². The van der Waals surface area contributed by atoms with Gasteiger partial charge in [-0.25, -0.2) is 0 Å². The molecule has 0 amide bonds. The van der Waals surface area contributed by atoms with Crippen LogP contribution in [0.4, 0.5) is 5.69 Å². The van der Waals surface area contributed by atoms with Gasteiger partial charge in [0.25, 0.3) is 0 Å². The highest BCUT2D eigenvalue weighted by Crippen LogP contribution is 2.25. The van der Waals surface area contributed by atoms with E-state index in [-0.39, 0.29) is 0 Å². The van der Waals surface area contributed by atoms with E-state index in [1.54, 1.807) is 6.92 Å². The molecule has 0 unspecified atom stereocenters. The van der Waals surface area contributed by atoms with Gasteiger partial charge in [0.15, 0.2) is 0 Å². The van der Waals surface area contributed by atoms with Crippen LogP contribution in [0.3, 0.4) is 0 Å². The number of ether oxygens (including phenoxy) is 1. The summed E-state index contributed by atoms with van der Waals surface area (Å²) in [6.45, 7) is 3.62. The van der Waals surface area contributed by atoms with E-state index in [2.05, 4.69) is 4.90 Å².